The molecule has 30 heavy (non-hydrogen) atoms. The van der Waals surface area contributed by atoms with Crippen molar-refractivity contribution in [3.63, 3.8) is 0 Å². The SMILES string of the molecule is COc1cc(NC(=O)CN2CCN(CCCOCC(F)(F)F)CC2)c(OC)cc1Cl. The molecule has 11 heteroatoms. The monoisotopic (exact) mass is 453 g/mol. The van der Waals surface area contributed by atoms with Crippen LogP contribution in [0.1, 0.15) is 6.42 Å². The Kier molecular flexibility index (Phi) is 9.47. The minimum Gasteiger partial charge on any atom is -0.495 e. The van der Waals surface area contributed by atoms with Crippen molar-refractivity contribution in [2.24, 2.45) is 0 Å². The predicted molar refractivity (Wildman–Crippen MR) is 108 cm³/mol. The number of piperazine rings is 1. The first-order valence-electron chi connectivity index (χ1n) is 9.52. The third-order valence-electron chi connectivity index (χ3n) is 4.61. The molecule has 0 bridgehead atoms. The number of methoxy groups -OCH3 is 2. The summed E-state index contributed by atoms with van der Waals surface area (Å²) in [5.41, 5.74) is 0.473. The van der Waals surface area contributed by atoms with E-state index in [1.807, 2.05) is 4.90 Å². The first kappa shape index (κ1) is 24.5. The number of hydrogen-bond donors (Lipinski definition) is 1. The molecule has 2 rings (SSSR count). The number of nitrogens with one attached hydrogen (secondary N) is 1. The van der Waals surface area contributed by atoms with Gasteiger partial charge in [-0.3, -0.25) is 9.69 Å². The lowest BCUT2D eigenvalue weighted by atomic mass is 10.2. The summed E-state index contributed by atoms with van der Waals surface area (Å²) in [5, 5.41) is 3.20. The molecule has 1 saturated heterocycles. The van der Waals surface area contributed by atoms with Crippen LogP contribution in [0.2, 0.25) is 5.02 Å². The zero-order chi connectivity index (χ0) is 22.1. The second kappa shape index (κ2) is 11.6. The lowest BCUT2D eigenvalue weighted by Crippen LogP contribution is -2.48. The minimum atomic E-state index is -4.28. The number of ether oxygens (including phenoxy) is 3. The van der Waals surface area contributed by atoms with Crippen LogP contribution in [0.3, 0.4) is 0 Å². The van der Waals surface area contributed by atoms with Gasteiger partial charge in [0.2, 0.25) is 5.91 Å². The molecule has 1 fully saturated rings. The molecule has 1 aromatic carbocycles. The first-order valence-corrected chi connectivity index (χ1v) is 9.90. The maximum Gasteiger partial charge on any atom is 0.411 e. The Balaban J connectivity index is 1.72. The average Bonchev–Trinajstić information content (AvgIpc) is 2.69. The topological polar surface area (TPSA) is 63.3 Å². The van der Waals surface area contributed by atoms with E-state index in [1.54, 1.807) is 12.1 Å². The number of amides is 1. The van der Waals surface area contributed by atoms with Crippen LogP contribution >= 0.6 is 11.6 Å². The van der Waals surface area contributed by atoms with Crippen molar-refractivity contribution in [2.75, 3.05) is 72.0 Å². The van der Waals surface area contributed by atoms with Gasteiger partial charge in [-0.25, -0.2) is 0 Å². The van der Waals surface area contributed by atoms with Gasteiger partial charge in [-0.05, 0) is 6.42 Å². The zero-order valence-corrected chi connectivity index (χ0v) is 17.8. The van der Waals surface area contributed by atoms with Crippen LogP contribution in [0, 0.1) is 0 Å². The number of carbonyl (C=O) groups is 1. The molecular formula is C19H27ClF3N3O4. The number of hydrogen-bond acceptors (Lipinski definition) is 6. The number of nitrogens with zero attached hydrogens (tertiary/aromatic N) is 2. The fourth-order valence-corrected chi connectivity index (χ4v) is 3.33. The Labute approximate surface area is 179 Å². The van der Waals surface area contributed by atoms with E-state index in [0.29, 0.717) is 48.3 Å². The van der Waals surface area contributed by atoms with Crippen LogP contribution in [0.15, 0.2) is 12.1 Å². The van der Waals surface area contributed by atoms with Gasteiger partial charge in [0, 0.05) is 51.5 Å². The largest absolute Gasteiger partial charge is 0.495 e. The highest BCUT2D eigenvalue weighted by Crippen LogP contribution is 2.35. The molecule has 7 nitrogen and oxygen atoms in total. The molecule has 1 aliphatic rings. The van der Waals surface area contributed by atoms with Crippen LogP contribution in [0.4, 0.5) is 18.9 Å². The van der Waals surface area contributed by atoms with Crippen LogP contribution in [-0.2, 0) is 9.53 Å². The van der Waals surface area contributed by atoms with E-state index in [2.05, 4.69) is 15.0 Å². The van der Waals surface area contributed by atoms with E-state index in [1.165, 1.54) is 14.2 Å². The number of carbonyl (C=O) groups excluding carboxylic acids is 1. The van der Waals surface area contributed by atoms with Gasteiger partial charge in [0.05, 0.1) is 31.5 Å². The summed E-state index contributed by atoms with van der Waals surface area (Å²) in [6.45, 7) is 2.62. The normalized spacial score (nSPS) is 15.8. The Morgan fingerprint density at radius 2 is 1.73 bits per heavy atom. The van der Waals surface area contributed by atoms with E-state index in [0.717, 1.165) is 13.1 Å². The van der Waals surface area contributed by atoms with Crippen LogP contribution in [0.25, 0.3) is 0 Å². The summed E-state index contributed by atoms with van der Waals surface area (Å²) < 4.78 is 51.1. The van der Waals surface area contributed by atoms with Gasteiger partial charge in [-0.15, -0.1) is 0 Å². The molecule has 0 unspecified atom stereocenters. The molecule has 0 saturated carbocycles. The fraction of sp³-hybridized carbons (Fsp3) is 0.632. The van der Waals surface area contributed by atoms with Crippen LogP contribution in [-0.4, -0.2) is 88.6 Å². The number of benzene rings is 1. The number of anilines is 1. The van der Waals surface area contributed by atoms with Gasteiger partial charge in [-0.1, -0.05) is 11.6 Å². The summed E-state index contributed by atoms with van der Waals surface area (Å²) in [7, 11) is 2.97. The maximum atomic E-state index is 12.4. The molecule has 1 aliphatic heterocycles. The molecule has 0 spiro atoms. The lowest BCUT2D eigenvalue weighted by molar-refractivity contribution is -0.174. The van der Waals surface area contributed by atoms with Crippen molar-refractivity contribution in [3.8, 4) is 11.5 Å². The second-order valence-corrected chi connectivity index (χ2v) is 7.28. The molecule has 1 heterocycles. The summed E-state index contributed by atoms with van der Waals surface area (Å²) >= 11 is 6.07. The van der Waals surface area contributed by atoms with Crippen LogP contribution in [0.5, 0.6) is 11.5 Å². The molecule has 1 amide bonds. The van der Waals surface area contributed by atoms with E-state index in [9.17, 15) is 18.0 Å². The summed E-state index contributed by atoms with van der Waals surface area (Å²) in [6, 6.07) is 3.19. The van der Waals surface area contributed by atoms with E-state index in [-0.39, 0.29) is 19.1 Å². The lowest BCUT2D eigenvalue weighted by Gasteiger charge is -2.34. The van der Waals surface area contributed by atoms with Crippen molar-refractivity contribution in [2.45, 2.75) is 12.6 Å². The molecule has 0 atom stereocenters. The van der Waals surface area contributed by atoms with Gasteiger partial charge in [0.1, 0.15) is 18.1 Å². The quantitative estimate of drug-likeness (QED) is 0.550. The number of rotatable bonds is 10. The Bertz CT molecular complexity index is 698. The molecule has 0 aliphatic carbocycles. The smallest absolute Gasteiger partial charge is 0.411 e. The summed E-state index contributed by atoms with van der Waals surface area (Å²) in [6.07, 6.45) is -3.75. The standard InChI is InChI=1S/C19H27ClF3N3O4/c1-28-16-11-15(17(29-2)10-14(16)20)24-18(27)12-26-7-5-25(6-8-26)4-3-9-30-13-19(21,22)23/h10-11H,3-9,12-13H2,1-2H3,(H,24,27). The number of halogens is 4. The van der Waals surface area contributed by atoms with Crippen molar-refractivity contribution in [3.05, 3.63) is 17.2 Å². The molecule has 0 radical (unpaired) electrons. The van der Waals surface area contributed by atoms with Crippen molar-refractivity contribution in [1.29, 1.82) is 0 Å². The third kappa shape index (κ3) is 8.17. The molecule has 1 N–H and O–H groups in total. The Hall–Kier alpha value is -1.75. The molecule has 170 valence electrons. The third-order valence-corrected chi connectivity index (χ3v) is 4.90. The Morgan fingerprint density at radius 3 is 2.33 bits per heavy atom. The van der Waals surface area contributed by atoms with Crippen molar-refractivity contribution in [1.82, 2.24) is 9.80 Å². The summed E-state index contributed by atoms with van der Waals surface area (Å²) in [4.78, 5) is 16.6. The Morgan fingerprint density at radius 1 is 1.10 bits per heavy atom. The highest BCUT2D eigenvalue weighted by atomic mass is 35.5. The van der Waals surface area contributed by atoms with E-state index >= 15 is 0 Å². The second-order valence-electron chi connectivity index (χ2n) is 6.87. The molecule has 1 aromatic rings. The number of alkyl halides is 3. The van der Waals surface area contributed by atoms with Crippen molar-refractivity contribution < 1.29 is 32.2 Å². The first-order chi connectivity index (χ1) is 14.2. The average molecular weight is 454 g/mol. The van der Waals surface area contributed by atoms with E-state index < -0.39 is 12.8 Å². The highest BCUT2D eigenvalue weighted by Gasteiger charge is 2.27. The van der Waals surface area contributed by atoms with Gasteiger partial charge < -0.3 is 24.4 Å². The predicted octanol–water partition coefficient (Wildman–Crippen LogP) is 2.88. The fourth-order valence-electron chi connectivity index (χ4n) is 3.10. The summed E-state index contributed by atoms with van der Waals surface area (Å²) in [5.74, 6) is 0.680. The molecular weight excluding hydrogens is 427 g/mol. The van der Waals surface area contributed by atoms with Crippen LogP contribution < -0.4 is 14.8 Å². The van der Waals surface area contributed by atoms with Gasteiger partial charge >= 0.3 is 6.18 Å². The minimum absolute atomic E-state index is 0.0779. The maximum absolute atomic E-state index is 12.4. The highest BCUT2D eigenvalue weighted by molar-refractivity contribution is 6.32. The molecule has 0 aromatic heterocycles. The van der Waals surface area contributed by atoms with Gasteiger partial charge in [-0.2, -0.15) is 13.2 Å². The van der Waals surface area contributed by atoms with Crippen molar-refractivity contribution >= 4 is 23.2 Å². The van der Waals surface area contributed by atoms with E-state index in [4.69, 9.17) is 21.1 Å². The van der Waals surface area contributed by atoms with Gasteiger partial charge in [0.25, 0.3) is 0 Å². The zero-order valence-electron chi connectivity index (χ0n) is 17.1. The van der Waals surface area contributed by atoms with Gasteiger partial charge in [0.15, 0.2) is 0 Å².